The first-order chi connectivity index (χ1) is 13.1. The number of aryl methyl sites for hydroxylation is 2. The number of fused-ring (bicyclic) bond motifs is 1. The second-order valence-corrected chi connectivity index (χ2v) is 6.58. The number of hydrogen-bond acceptors (Lipinski definition) is 5. The van der Waals surface area contributed by atoms with E-state index in [2.05, 4.69) is 32.1 Å². The molecule has 0 spiro atoms. The van der Waals surface area contributed by atoms with Gasteiger partial charge < -0.3 is 25.7 Å². The van der Waals surface area contributed by atoms with Gasteiger partial charge in [0.15, 0.2) is 5.82 Å². The van der Waals surface area contributed by atoms with Crippen LogP contribution in [-0.2, 0) is 17.9 Å². The van der Waals surface area contributed by atoms with Crippen LogP contribution in [0.4, 0.5) is 10.6 Å². The predicted octanol–water partition coefficient (Wildman–Crippen LogP) is 2.74. The highest BCUT2D eigenvalue weighted by molar-refractivity contribution is 5.85. The third-order valence-electron chi connectivity index (χ3n) is 4.32. The summed E-state index contributed by atoms with van der Waals surface area (Å²) in [5.41, 5.74) is 8.63. The molecule has 0 unspecified atom stereocenters. The first-order valence-electron chi connectivity index (χ1n) is 9.78. The third kappa shape index (κ3) is 6.09. The molecule has 0 radical (unpaired) electrons. The second kappa shape index (κ2) is 10.7. The second-order valence-electron chi connectivity index (χ2n) is 6.58. The number of ether oxygens (including phenoxy) is 1. The number of nitrogens with two attached hydrogens (primary N) is 1. The molecule has 150 valence electrons. The van der Waals surface area contributed by atoms with Crippen molar-refractivity contribution < 1.29 is 9.53 Å². The van der Waals surface area contributed by atoms with E-state index in [0.29, 0.717) is 25.6 Å². The maximum Gasteiger partial charge on any atom is 0.314 e. The zero-order valence-electron chi connectivity index (χ0n) is 16.7. The van der Waals surface area contributed by atoms with E-state index < -0.39 is 0 Å². The minimum absolute atomic E-state index is 0.0944. The van der Waals surface area contributed by atoms with Crippen LogP contribution < -0.4 is 16.4 Å². The van der Waals surface area contributed by atoms with Gasteiger partial charge in [-0.2, -0.15) is 0 Å². The van der Waals surface area contributed by atoms with Gasteiger partial charge in [0, 0.05) is 31.9 Å². The predicted molar refractivity (Wildman–Crippen MR) is 108 cm³/mol. The number of carbonyl (C=O) groups excluding carboxylic acids is 1. The summed E-state index contributed by atoms with van der Waals surface area (Å²) < 4.78 is 7.71. The van der Waals surface area contributed by atoms with Crippen LogP contribution in [0.1, 0.15) is 51.0 Å². The Kier molecular flexibility index (Phi) is 8.32. The van der Waals surface area contributed by atoms with Crippen molar-refractivity contribution in [1.82, 2.24) is 25.2 Å². The summed E-state index contributed by atoms with van der Waals surface area (Å²) in [5.74, 6) is 1.31. The monoisotopic (exact) mass is 376 g/mol. The molecule has 8 nitrogen and oxygen atoms in total. The summed E-state index contributed by atoms with van der Waals surface area (Å²) in [6, 6.07) is 1.91. The highest BCUT2D eigenvalue weighted by atomic mass is 16.5. The molecule has 27 heavy (non-hydrogen) atoms. The van der Waals surface area contributed by atoms with Crippen LogP contribution in [0.2, 0.25) is 0 Å². The summed E-state index contributed by atoms with van der Waals surface area (Å²) in [6.45, 7) is 9.23. The molecule has 2 rings (SSSR count). The smallest absolute Gasteiger partial charge is 0.314 e. The molecule has 2 aromatic rings. The molecular weight excluding hydrogens is 344 g/mol. The minimum Gasteiger partial charge on any atom is -0.382 e. The van der Waals surface area contributed by atoms with Crippen molar-refractivity contribution in [3.05, 3.63) is 17.6 Å². The molecule has 0 aliphatic carbocycles. The number of nitrogens with one attached hydrogen (secondary N) is 2. The highest BCUT2D eigenvalue weighted by Crippen LogP contribution is 2.22. The van der Waals surface area contributed by atoms with E-state index in [1.54, 1.807) is 0 Å². The fourth-order valence-corrected chi connectivity index (χ4v) is 2.91. The van der Waals surface area contributed by atoms with Crippen LogP contribution >= 0.6 is 0 Å². The van der Waals surface area contributed by atoms with Crippen molar-refractivity contribution in [2.24, 2.45) is 0 Å². The minimum atomic E-state index is -0.0944. The summed E-state index contributed by atoms with van der Waals surface area (Å²) in [6.07, 6.45) is 3.87. The van der Waals surface area contributed by atoms with Gasteiger partial charge in [-0.15, -0.1) is 0 Å². The first kappa shape index (κ1) is 21.0. The molecular formula is C19H32N6O2. The van der Waals surface area contributed by atoms with Crippen LogP contribution in [0.3, 0.4) is 0 Å². The van der Waals surface area contributed by atoms with Crippen LogP contribution in [0.5, 0.6) is 0 Å². The number of amides is 2. The Morgan fingerprint density at radius 1 is 1.19 bits per heavy atom. The first-order valence-corrected chi connectivity index (χ1v) is 9.78. The number of hydrogen-bond donors (Lipinski definition) is 3. The van der Waals surface area contributed by atoms with Gasteiger partial charge in [0.1, 0.15) is 17.9 Å². The van der Waals surface area contributed by atoms with E-state index in [9.17, 15) is 4.79 Å². The number of urea groups is 1. The normalized spacial score (nSPS) is 11.1. The Bertz CT molecular complexity index is 743. The van der Waals surface area contributed by atoms with Gasteiger partial charge >= 0.3 is 6.03 Å². The molecule has 0 aliphatic rings. The van der Waals surface area contributed by atoms with Gasteiger partial charge in [0.25, 0.3) is 0 Å². The van der Waals surface area contributed by atoms with Crippen LogP contribution in [0, 0.1) is 6.92 Å². The summed E-state index contributed by atoms with van der Waals surface area (Å²) in [4.78, 5) is 20.6. The van der Waals surface area contributed by atoms with E-state index in [4.69, 9.17) is 10.5 Å². The van der Waals surface area contributed by atoms with Crippen LogP contribution in [-0.4, -0.2) is 40.3 Å². The maximum atomic E-state index is 11.7. The Balaban J connectivity index is 1.93. The molecule has 0 aliphatic heterocycles. The number of pyridine rings is 1. The van der Waals surface area contributed by atoms with Gasteiger partial charge in [-0.3, -0.25) is 0 Å². The number of nitrogen functional groups attached to an aromatic ring is 1. The van der Waals surface area contributed by atoms with E-state index in [1.165, 1.54) is 0 Å². The van der Waals surface area contributed by atoms with Crippen molar-refractivity contribution in [2.45, 2.75) is 59.6 Å². The lowest BCUT2D eigenvalue weighted by Crippen LogP contribution is -2.36. The average Bonchev–Trinajstić information content (AvgIpc) is 2.98. The molecule has 2 heterocycles. The van der Waals surface area contributed by atoms with E-state index in [1.807, 2.05) is 19.9 Å². The number of carbonyl (C=O) groups is 1. The van der Waals surface area contributed by atoms with Crippen LogP contribution in [0.15, 0.2) is 6.07 Å². The van der Waals surface area contributed by atoms with Gasteiger partial charge in [-0.05, 0) is 39.2 Å². The van der Waals surface area contributed by atoms with Crippen molar-refractivity contribution in [1.29, 1.82) is 0 Å². The summed E-state index contributed by atoms with van der Waals surface area (Å²) in [7, 11) is 0. The van der Waals surface area contributed by atoms with Crippen molar-refractivity contribution in [3.8, 4) is 0 Å². The van der Waals surface area contributed by atoms with E-state index in [0.717, 1.165) is 61.3 Å². The molecule has 0 aromatic carbocycles. The highest BCUT2D eigenvalue weighted by Gasteiger charge is 2.14. The van der Waals surface area contributed by atoms with Crippen molar-refractivity contribution >= 4 is 22.9 Å². The third-order valence-corrected chi connectivity index (χ3v) is 4.32. The lowest BCUT2D eigenvalue weighted by Gasteiger charge is -2.10. The lowest BCUT2D eigenvalue weighted by atomic mass is 10.2. The fourth-order valence-electron chi connectivity index (χ4n) is 2.91. The number of rotatable bonds is 11. The summed E-state index contributed by atoms with van der Waals surface area (Å²) >= 11 is 0. The lowest BCUT2D eigenvalue weighted by molar-refractivity contribution is 0.126. The molecule has 0 fully saturated rings. The standard InChI is InChI=1S/C19H32N6O2/c1-4-6-9-21-19(26)22-10-7-8-11-25-15-12-14(3)23-18(20)17(15)24-16(25)13-27-5-2/h12H,4-11,13H2,1-3H3,(H2,20,23)(H2,21,22,26). The number of nitrogens with zero attached hydrogens (tertiary/aromatic N) is 3. The molecule has 2 aromatic heterocycles. The quantitative estimate of drug-likeness (QED) is 0.523. The number of anilines is 1. The van der Waals surface area contributed by atoms with Crippen LogP contribution in [0.25, 0.3) is 11.0 Å². The van der Waals surface area contributed by atoms with Gasteiger partial charge in [0.2, 0.25) is 0 Å². The SMILES string of the molecule is CCCCNC(=O)NCCCCn1c(COCC)nc2c(N)nc(C)cc21. The molecule has 0 atom stereocenters. The largest absolute Gasteiger partial charge is 0.382 e. The molecule has 0 saturated heterocycles. The number of imidazole rings is 1. The maximum absolute atomic E-state index is 11.7. The Hall–Kier alpha value is -2.35. The molecule has 2 amide bonds. The van der Waals surface area contributed by atoms with Gasteiger partial charge in [-0.1, -0.05) is 13.3 Å². The molecule has 0 saturated carbocycles. The van der Waals surface area contributed by atoms with Gasteiger partial charge in [-0.25, -0.2) is 14.8 Å². The molecule has 8 heteroatoms. The van der Waals surface area contributed by atoms with Gasteiger partial charge in [0.05, 0.1) is 5.52 Å². The molecule has 0 bridgehead atoms. The Morgan fingerprint density at radius 3 is 2.63 bits per heavy atom. The van der Waals surface area contributed by atoms with E-state index >= 15 is 0 Å². The average molecular weight is 377 g/mol. The molecule has 4 N–H and O–H groups in total. The zero-order valence-corrected chi connectivity index (χ0v) is 16.7. The number of unbranched alkanes of at least 4 members (excludes halogenated alkanes) is 2. The van der Waals surface area contributed by atoms with Crippen molar-refractivity contribution in [2.75, 3.05) is 25.4 Å². The summed E-state index contributed by atoms with van der Waals surface area (Å²) in [5, 5.41) is 5.75. The van der Waals surface area contributed by atoms with E-state index in [-0.39, 0.29) is 6.03 Å². The zero-order chi connectivity index (χ0) is 19.6. The fraction of sp³-hybridized carbons (Fsp3) is 0.632. The topological polar surface area (TPSA) is 107 Å². The number of aromatic nitrogens is 3. The Morgan fingerprint density at radius 2 is 1.93 bits per heavy atom. The Labute approximate surface area is 160 Å². The van der Waals surface area contributed by atoms with Crippen molar-refractivity contribution in [3.63, 3.8) is 0 Å².